The van der Waals surface area contributed by atoms with Gasteiger partial charge in [-0.3, -0.25) is 4.79 Å². The highest BCUT2D eigenvalue weighted by atomic mass is 16.5. The summed E-state index contributed by atoms with van der Waals surface area (Å²) in [6.07, 6.45) is 3.27. The van der Waals surface area contributed by atoms with Crippen LogP contribution in [0.4, 0.5) is 5.69 Å². The van der Waals surface area contributed by atoms with E-state index in [2.05, 4.69) is 15.3 Å². The van der Waals surface area contributed by atoms with Gasteiger partial charge in [-0.15, -0.1) is 0 Å². The Balaban J connectivity index is 2.17. The molecule has 0 radical (unpaired) electrons. The van der Waals surface area contributed by atoms with Crippen molar-refractivity contribution in [2.45, 2.75) is 6.42 Å². The second-order valence-corrected chi connectivity index (χ2v) is 4.30. The molecule has 0 atom stereocenters. The van der Waals surface area contributed by atoms with Gasteiger partial charge in [0.15, 0.2) is 11.5 Å². The van der Waals surface area contributed by atoms with Gasteiger partial charge in [-0.05, 0) is 6.07 Å². The van der Waals surface area contributed by atoms with E-state index in [0.29, 0.717) is 28.8 Å². The van der Waals surface area contributed by atoms with E-state index < -0.39 is 0 Å². The van der Waals surface area contributed by atoms with Crippen molar-refractivity contribution in [2.75, 3.05) is 26.6 Å². The van der Waals surface area contributed by atoms with Gasteiger partial charge in [0.1, 0.15) is 5.82 Å². The normalized spacial score (nSPS) is 9.95. The Bertz CT molecular complexity index is 621. The lowest BCUT2D eigenvalue weighted by Crippen LogP contribution is -2.16. The van der Waals surface area contributed by atoms with E-state index in [1.165, 1.54) is 21.3 Å². The van der Waals surface area contributed by atoms with E-state index in [4.69, 9.17) is 14.2 Å². The standard InChI is InChI=1S/C15H17N3O4/c1-20-11-7-10(8-12(21-2)15(11)22-3)18-14(19)9-13-16-5-4-6-17-13/h4-8H,9H2,1-3H3,(H,18,19). The number of hydrogen-bond acceptors (Lipinski definition) is 6. The monoisotopic (exact) mass is 303 g/mol. The van der Waals surface area contributed by atoms with Gasteiger partial charge in [-0.1, -0.05) is 0 Å². The topological polar surface area (TPSA) is 82.6 Å². The molecule has 0 spiro atoms. The van der Waals surface area contributed by atoms with Crippen molar-refractivity contribution in [1.29, 1.82) is 0 Å². The summed E-state index contributed by atoms with van der Waals surface area (Å²) in [6, 6.07) is 5.01. The summed E-state index contributed by atoms with van der Waals surface area (Å²) in [5, 5.41) is 2.76. The van der Waals surface area contributed by atoms with E-state index in [9.17, 15) is 4.79 Å². The average Bonchev–Trinajstić information content (AvgIpc) is 2.54. The maximum absolute atomic E-state index is 12.0. The zero-order valence-electron chi connectivity index (χ0n) is 12.6. The van der Waals surface area contributed by atoms with Gasteiger partial charge >= 0.3 is 0 Å². The van der Waals surface area contributed by atoms with Gasteiger partial charge in [0, 0.05) is 30.2 Å². The summed E-state index contributed by atoms with van der Waals surface area (Å²) in [5.41, 5.74) is 0.537. The van der Waals surface area contributed by atoms with E-state index in [-0.39, 0.29) is 12.3 Å². The summed E-state index contributed by atoms with van der Waals surface area (Å²) in [5.74, 6) is 1.61. The van der Waals surface area contributed by atoms with Gasteiger partial charge in [0.2, 0.25) is 11.7 Å². The zero-order chi connectivity index (χ0) is 15.9. The van der Waals surface area contributed by atoms with Crippen molar-refractivity contribution in [3.8, 4) is 17.2 Å². The first-order valence-corrected chi connectivity index (χ1v) is 6.53. The van der Waals surface area contributed by atoms with Crippen LogP contribution in [0, 0.1) is 0 Å². The Kier molecular flexibility index (Phi) is 5.13. The lowest BCUT2D eigenvalue weighted by Gasteiger charge is -2.14. The Hall–Kier alpha value is -2.83. The van der Waals surface area contributed by atoms with Gasteiger partial charge in [-0.25, -0.2) is 9.97 Å². The number of nitrogens with zero attached hydrogens (tertiary/aromatic N) is 2. The Morgan fingerprint density at radius 1 is 1.05 bits per heavy atom. The fraction of sp³-hybridized carbons (Fsp3) is 0.267. The molecular weight excluding hydrogens is 286 g/mol. The number of anilines is 1. The van der Waals surface area contributed by atoms with E-state index >= 15 is 0 Å². The van der Waals surface area contributed by atoms with Gasteiger partial charge in [-0.2, -0.15) is 0 Å². The van der Waals surface area contributed by atoms with Crippen molar-refractivity contribution in [3.63, 3.8) is 0 Å². The molecule has 1 amide bonds. The van der Waals surface area contributed by atoms with Crippen LogP contribution in [0.3, 0.4) is 0 Å². The number of nitrogens with one attached hydrogen (secondary N) is 1. The third kappa shape index (κ3) is 3.63. The van der Waals surface area contributed by atoms with E-state index in [1.807, 2.05) is 0 Å². The molecule has 0 saturated heterocycles. The summed E-state index contributed by atoms with van der Waals surface area (Å²) in [6.45, 7) is 0. The molecule has 0 aliphatic rings. The minimum Gasteiger partial charge on any atom is -0.493 e. The number of carbonyl (C=O) groups excluding carboxylic acids is 1. The largest absolute Gasteiger partial charge is 0.493 e. The van der Waals surface area contributed by atoms with Crippen molar-refractivity contribution in [1.82, 2.24) is 9.97 Å². The number of ether oxygens (including phenoxy) is 3. The average molecular weight is 303 g/mol. The van der Waals surface area contributed by atoms with Crippen LogP contribution in [0.1, 0.15) is 5.82 Å². The molecule has 0 saturated carbocycles. The maximum atomic E-state index is 12.0. The molecule has 1 aromatic heterocycles. The minimum atomic E-state index is -0.236. The molecule has 0 unspecified atom stereocenters. The summed E-state index contributed by atoms with van der Waals surface area (Å²) >= 11 is 0. The Labute approximate surface area is 128 Å². The van der Waals surface area contributed by atoms with Crippen LogP contribution in [0.5, 0.6) is 17.2 Å². The quantitative estimate of drug-likeness (QED) is 0.874. The molecule has 116 valence electrons. The van der Waals surface area contributed by atoms with E-state index in [0.717, 1.165) is 0 Å². The van der Waals surface area contributed by atoms with Crippen molar-refractivity contribution < 1.29 is 19.0 Å². The predicted octanol–water partition coefficient (Wildman–Crippen LogP) is 1.68. The van der Waals surface area contributed by atoms with Gasteiger partial charge in [0.25, 0.3) is 0 Å². The third-order valence-electron chi connectivity index (χ3n) is 2.89. The smallest absolute Gasteiger partial charge is 0.232 e. The van der Waals surface area contributed by atoms with Crippen LogP contribution in [0.25, 0.3) is 0 Å². The molecule has 0 fully saturated rings. The SMILES string of the molecule is COc1cc(NC(=O)Cc2ncccn2)cc(OC)c1OC. The molecule has 22 heavy (non-hydrogen) atoms. The lowest BCUT2D eigenvalue weighted by atomic mass is 10.2. The predicted molar refractivity (Wildman–Crippen MR) is 80.5 cm³/mol. The number of rotatable bonds is 6. The number of hydrogen-bond donors (Lipinski definition) is 1. The van der Waals surface area contributed by atoms with Crippen LogP contribution in [-0.4, -0.2) is 37.2 Å². The first-order chi connectivity index (χ1) is 10.7. The number of carbonyl (C=O) groups is 1. The molecule has 2 rings (SSSR count). The fourth-order valence-corrected chi connectivity index (χ4v) is 1.92. The third-order valence-corrected chi connectivity index (χ3v) is 2.89. The molecule has 0 aliphatic carbocycles. The van der Waals surface area contributed by atoms with Gasteiger partial charge < -0.3 is 19.5 Å². The highest BCUT2D eigenvalue weighted by Gasteiger charge is 2.15. The molecule has 1 aromatic carbocycles. The maximum Gasteiger partial charge on any atom is 0.232 e. The van der Waals surface area contributed by atoms with Crippen LogP contribution in [-0.2, 0) is 11.2 Å². The zero-order valence-corrected chi connectivity index (χ0v) is 12.6. The first kappa shape index (κ1) is 15.6. The number of benzene rings is 1. The fourth-order valence-electron chi connectivity index (χ4n) is 1.92. The first-order valence-electron chi connectivity index (χ1n) is 6.53. The molecule has 0 aliphatic heterocycles. The van der Waals surface area contributed by atoms with Crippen molar-refractivity contribution in [3.05, 3.63) is 36.4 Å². The number of amides is 1. The Morgan fingerprint density at radius 3 is 2.14 bits per heavy atom. The van der Waals surface area contributed by atoms with Crippen molar-refractivity contribution in [2.24, 2.45) is 0 Å². The minimum absolute atomic E-state index is 0.0809. The molecule has 2 aromatic rings. The molecular formula is C15H17N3O4. The lowest BCUT2D eigenvalue weighted by molar-refractivity contribution is -0.115. The molecule has 7 nitrogen and oxygen atoms in total. The van der Waals surface area contributed by atoms with E-state index in [1.54, 1.807) is 30.6 Å². The second kappa shape index (κ2) is 7.26. The summed E-state index contributed by atoms with van der Waals surface area (Å²) in [7, 11) is 4.55. The van der Waals surface area contributed by atoms with Crippen molar-refractivity contribution >= 4 is 11.6 Å². The summed E-state index contributed by atoms with van der Waals surface area (Å²) in [4.78, 5) is 20.1. The van der Waals surface area contributed by atoms with Crippen LogP contribution >= 0.6 is 0 Å². The highest BCUT2D eigenvalue weighted by molar-refractivity contribution is 5.92. The van der Waals surface area contributed by atoms with Crippen LogP contribution in [0.15, 0.2) is 30.6 Å². The molecule has 1 N–H and O–H groups in total. The molecule has 7 heteroatoms. The number of aromatic nitrogens is 2. The Morgan fingerprint density at radius 2 is 1.64 bits per heavy atom. The highest BCUT2D eigenvalue weighted by Crippen LogP contribution is 2.39. The summed E-state index contributed by atoms with van der Waals surface area (Å²) < 4.78 is 15.7. The van der Waals surface area contributed by atoms with Crippen LogP contribution < -0.4 is 19.5 Å². The molecule has 0 bridgehead atoms. The second-order valence-electron chi connectivity index (χ2n) is 4.30. The van der Waals surface area contributed by atoms with Crippen LogP contribution in [0.2, 0.25) is 0 Å². The van der Waals surface area contributed by atoms with Gasteiger partial charge in [0.05, 0.1) is 27.8 Å². The molecule has 1 heterocycles. The number of methoxy groups -OCH3 is 3.